The average molecular weight is 458 g/mol. The van der Waals surface area contributed by atoms with Gasteiger partial charge in [0.2, 0.25) is 5.92 Å². The van der Waals surface area contributed by atoms with Crippen molar-refractivity contribution in [3.8, 4) is 0 Å². The van der Waals surface area contributed by atoms with E-state index in [-0.39, 0.29) is 42.3 Å². The predicted octanol–water partition coefficient (Wildman–Crippen LogP) is 3.27. The van der Waals surface area contributed by atoms with E-state index in [1.807, 2.05) is 4.90 Å². The Morgan fingerprint density at radius 2 is 1.90 bits per heavy atom. The topological polar surface area (TPSA) is 93.8 Å². The normalized spacial score (nSPS) is 19.7. The molecule has 31 heavy (non-hydrogen) atoms. The number of ether oxygens (including phenoxy) is 2. The van der Waals surface area contributed by atoms with Crippen molar-refractivity contribution in [2.75, 3.05) is 36.1 Å². The van der Waals surface area contributed by atoms with Crippen molar-refractivity contribution >= 4 is 34.9 Å². The second kappa shape index (κ2) is 9.15. The van der Waals surface area contributed by atoms with Crippen molar-refractivity contribution in [2.24, 2.45) is 5.73 Å². The van der Waals surface area contributed by atoms with E-state index in [2.05, 4.69) is 9.97 Å². The largest absolute Gasteiger partial charge is 0.443 e. The molecule has 11 heteroatoms. The first-order chi connectivity index (χ1) is 14.5. The lowest BCUT2D eigenvalue weighted by Gasteiger charge is -2.37. The molecule has 0 atom stereocenters. The molecule has 2 fully saturated rings. The Morgan fingerprint density at radius 3 is 2.45 bits per heavy atom. The van der Waals surface area contributed by atoms with Gasteiger partial charge in [0.1, 0.15) is 22.2 Å². The SMILES string of the molecule is CC(C)(C)OC(=O)N(c1cc(N2CCOCC2)nc(C(N)=S)n1)C1CCC(F)(F)CC1. The van der Waals surface area contributed by atoms with Crippen molar-refractivity contribution in [3.63, 3.8) is 0 Å². The Labute approximate surface area is 186 Å². The first-order valence-corrected chi connectivity index (χ1v) is 10.8. The summed E-state index contributed by atoms with van der Waals surface area (Å²) in [4.78, 5) is 25.3. The quantitative estimate of drug-likeness (QED) is 0.689. The van der Waals surface area contributed by atoms with E-state index in [1.165, 1.54) is 4.90 Å². The molecule has 172 valence electrons. The lowest BCUT2D eigenvalue weighted by atomic mass is 9.91. The minimum absolute atomic E-state index is 0.0179. The van der Waals surface area contributed by atoms with Gasteiger partial charge in [0.05, 0.1) is 13.2 Å². The highest BCUT2D eigenvalue weighted by molar-refractivity contribution is 7.80. The molecule has 1 saturated carbocycles. The van der Waals surface area contributed by atoms with Crippen LogP contribution < -0.4 is 15.5 Å². The highest BCUT2D eigenvalue weighted by Crippen LogP contribution is 2.37. The molecule has 1 saturated heterocycles. The smallest absolute Gasteiger partial charge is 0.416 e. The van der Waals surface area contributed by atoms with Crippen LogP contribution in [0.1, 0.15) is 52.3 Å². The van der Waals surface area contributed by atoms with E-state index in [4.69, 9.17) is 27.4 Å². The van der Waals surface area contributed by atoms with Crippen LogP contribution in [0.3, 0.4) is 0 Å². The molecule has 1 aromatic heterocycles. The van der Waals surface area contributed by atoms with E-state index in [0.717, 1.165) is 0 Å². The highest BCUT2D eigenvalue weighted by atomic mass is 32.1. The number of morpholine rings is 1. The third-order valence-electron chi connectivity index (χ3n) is 5.14. The van der Waals surface area contributed by atoms with Crippen molar-refractivity contribution < 1.29 is 23.0 Å². The van der Waals surface area contributed by atoms with Gasteiger partial charge in [0, 0.05) is 38.0 Å². The molecule has 0 bridgehead atoms. The van der Waals surface area contributed by atoms with Crippen LogP contribution in [0.25, 0.3) is 0 Å². The number of hydrogen-bond donors (Lipinski definition) is 1. The number of nitrogens with zero attached hydrogens (tertiary/aromatic N) is 4. The van der Waals surface area contributed by atoms with Crippen molar-refractivity contribution in [3.05, 3.63) is 11.9 Å². The molecule has 3 rings (SSSR count). The summed E-state index contributed by atoms with van der Waals surface area (Å²) in [6, 6.07) is 1.17. The number of anilines is 2. The molecule has 0 aromatic carbocycles. The van der Waals surface area contributed by atoms with Gasteiger partial charge in [-0.05, 0) is 33.6 Å². The third kappa shape index (κ3) is 6.19. The fraction of sp³-hybridized carbons (Fsp3) is 0.700. The van der Waals surface area contributed by atoms with Gasteiger partial charge < -0.3 is 20.1 Å². The fourth-order valence-electron chi connectivity index (χ4n) is 3.63. The Morgan fingerprint density at radius 1 is 1.29 bits per heavy atom. The molecule has 2 aliphatic rings. The van der Waals surface area contributed by atoms with Crippen LogP contribution in [-0.4, -0.2) is 64.9 Å². The van der Waals surface area contributed by atoms with Crippen molar-refractivity contribution in [1.82, 2.24) is 9.97 Å². The zero-order valence-electron chi connectivity index (χ0n) is 18.1. The Bertz CT molecular complexity index is 818. The van der Waals surface area contributed by atoms with E-state index in [9.17, 15) is 13.6 Å². The van der Waals surface area contributed by atoms with Crippen LogP contribution in [0, 0.1) is 0 Å². The number of carbonyl (C=O) groups excluding carboxylic acids is 1. The van der Waals surface area contributed by atoms with Crippen LogP contribution in [-0.2, 0) is 9.47 Å². The summed E-state index contributed by atoms with van der Waals surface area (Å²) >= 11 is 5.08. The minimum atomic E-state index is -2.73. The molecule has 0 unspecified atom stereocenters. The van der Waals surface area contributed by atoms with Gasteiger partial charge in [-0.25, -0.2) is 23.5 Å². The third-order valence-corrected chi connectivity index (χ3v) is 5.33. The number of rotatable bonds is 4. The Hall–Kier alpha value is -2.14. The van der Waals surface area contributed by atoms with Crippen molar-refractivity contribution in [2.45, 2.75) is 64.0 Å². The molecule has 1 aliphatic heterocycles. The van der Waals surface area contributed by atoms with E-state index < -0.39 is 23.7 Å². The number of carbonyl (C=O) groups is 1. The number of nitrogens with two attached hydrogens (primary N) is 1. The lowest BCUT2D eigenvalue weighted by Crippen LogP contribution is -2.47. The maximum atomic E-state index is 13.8. The molecule has 1 aliphatic carbocycles. The van der Waals surface area contributed by atoms with Gasteiger partial charge >= 0.3 is 6.09 Å². The zero-order chi connectivity index (χ0) is 22.8. The predicted molar refractivity (Wildman–Crippen MR) is 117 cm³/mol. The molecule has 2 N–H and O–H groups in total. The summed E-state index contributed by atoms with van der Waals surface area (Å²) in [6.45, 7) is 7.53. The summed E-state index contributed by atoms with van der Waals surface area (Å²) < 4.78 is 38.5. The monoisotopic (exact) mass is 457 g/mol. The zero-order valence-corrected chi connectivity index (χ0v) is 18.9. The van der Waals surface area contributed by atoms with Gasteiger partial charge in [0.25, 0.3) is 0 Å². The number of thiocarbonyl (C=S) groups is 1. The maximum absolute atomic E-state index is 13.8. The minimum Gasteiger partial charge on any atom is -0.443 e. The van der Waals surface area contributed by atoms with Crippen molar-refractivity contribution in [1.29, 1.82) is 0 Å². The second-order valence-corrected chi connectivity index (χ2v) is 9.25. The molecular weight excluding hydrogens is 428 g/mol. The summed E-state index contributed by atoms with van der Waals surface area (Å²) in [6.07, 6.45) is -0.999. The van der Waals surface area contributed by atoms with Crippen LogP contribution in [0.2, 0.25) is 0 Å². The van der Waals surface area contributed by atoms with Crippen LogP contribution in [0.4, 0.5) is 25.2 Å². The molecule has 1 aromatic rings. The molecule has 0 radical (unpaired) electrons. The van der Waals surface area contributed by atoms with Crippen LogP contribution in [0.5, 0.6) is 0 Å². The van der Waals surface area contributed by atoms with E-state index in [1.54, 1.807) is 26.8 Å². The highest BCUT2D eigenvalue weighted by Gasteiger charge is 2.40. The number of amides is 1. The van der Waals surface area contributed by atoms with Gasteiger partial charge in [-0.3, -0.25) is 4.90 Å². The van der Waals surface area contributed by atoms with Gasteiger partial charge in [-0.15, -0.1) is 0 Å². The van der Waals surface area contributed by atoms with Gasteiger partial charge in [-0.1, -0.05) is 12.2 Å². The summed E-state index contributed by atoms with van der Waals surface area (Å²) in [5, 5.41) is 0. The molecule has 0 spiro atoms. The van der Waals surface area contributed by atoms with Gasteiger partial charge in [0.15, 0.2) is 5.82 Å². The number of aromatic nitrogens is 2. The average Bonchev–Trinajstić information content (AvgIpc) is 2.68. The second-order valence-electron chi connectivity index (χ2n) is 8.81. The van der Waals surface area contributed by atoms with Crippen LogP contribution >= 0.6 is 12.2 Å². The molecule has 2 heterocycles. The van der Waals surface area contributed by atoms with E-state index in [0.29, 0.717) is 32.1 Å². The maximum Gasteiger partial charge on any atom is 0.416 e. The van der Waals surface area contributed by atoms with Gasteiger partial charge in [-0.2, -0.15) is 0 Å². The fourth-order valence-corrected chi connectivity index (χ4v) is 3.73. The molecule has 1 amide bonds. The number of hydrogen-bond acceptors (Lipinski definition) is 7. The first-order valence-electron chi connectivity index (χ1n) is 10.4. The standard InChI is InChI=1S/C20H29F2N5O3S/c1-19(2,3)30-18(28)27(13-4-6-20(21,22)7-5-13)15-12-14(24-17(25-15)16(23)31)26-8-10-29-11-9-26/h12-13H,4-11H2,1-3H3,(H2,23,31). The van der Waals surface area contributed by atoms with Crippen LogP contribution in [0.15, 0.2) is 6.07 Å². The molecular formula is C20H29F2N5O3S. The first kappa shape index (κ1) is 23.5. The summed E-state index contributed by atoms with van der Waals surface area (Å²) in [5.74, 6) is -1.83. The van der Waals surface area contributed by atoms with E-state index >= 15 is 0 Å². The lowest BCUT2D eigenvalue weighted by molar-refractivity contribution is -0.0388. The number of halogens is 2. The number of alkyl halides is 2. The Kier molecular flexibility index (Phi) is 6.95. The summed E-state index contributed by atoms with van der Waals surface area (Å²) in [5.41, 5.74) is 5.04. The summed E-state index contributed by atoms with van der Waals surface area (Å²) in [7, 11) is 0. The Balaban J connectivity index is 2.01. The molecule has 8 nitrogen and oxygen atoms in total.